The predicted octanol–water partition coefficient (Wildman–Crippen LogP) is 3.33. The van der Waals surface area contributed by atoms with Gasteiger partial charge in [-0.2, -0.15) is 0 Å². The molecule has 0 aliphatic carbocycles. The Morgan fingerprint density at radius 1 is 1.09 bits per heavy atom. The average Bonchev–Trinajstić information content (AvgIpc) is 2.54. The van der Waals surface area contributed by atoms with Crippen LogP contribution in [0.1, 0.15) is 0 Å². The van der Waals surface area contributed by atoms with Gasteiger partial charge in [-0.05, 0) is 46.9 Å². The highest BCUT2D eigenvalue weighted by Gasteiger charge is 2.10. The summed E-state index contributed by atoms with van der Waals surface area (Å²) in [5, 5.41) is 2.75. The van der Waals surface area contributed by atoms with E-state index in [1.165, 1.54) is 0 Å². The molecule has 0 atom stereocenters. The molecular formula is C16H16INO4. The number of hydrogen-bond acceptors (Lipinski definition) is 4. The summed E-state index contributed by atoms with van der Waals surface area (Å²) in [6, 6.07) is 12.7. The zero-order valence-corrected chi connectivity index (χ0v) is 14.4. The van der Waals surface area contributed by atoms with Crippen LogP contribution in [0.15, 0.2) is 42.5 Å². The second-order valence-corrected chi connectivity index (χ2v) is 5.50. The molecule has 116 valence electrons. The van der Waals surface area contributed by atoms with Gasteiger partial charge in [-0.25, -0.2) is 0 Å². The van der Waals surface area contributed by atoms with E-state index in [1.54, 1.807) is 32.4 Å². The Morgan fingerprint density at radius 3 is 2.55 bits per heavy atom. The summed E-state index contributed by atoms with van der Waals surface area (Å²) in [5.74, 6) is 1.60. The first-order chi connectivity index (χ1) is 10.6. The van der Waals surface area contributed by atoms with Gasteiger partial charge in [0.2, 0.25) is 0 Å². The number of methoxy groups -OCH3 is 2. The highest BCUT2D eigenvalue weighted by molar-refractivity contribution is 14.1. The fourth-order valence-corrected chi connectivity index (χ4v) is 2.35. The molecule has 0 radical (unpaired) electrons. The Kier molecular flexibility index (Phi) is 5.88. The van der Waals surface area contributed by atoms with Crippen molar-refractivity contribution in [1.29, 1.82) is 0 Å². The van der Waals surface area contributed by atoms with Crippen molar-refractivity contribution in [2.45, 2.75) is 0 Å². The van der Waals surface area contributed by atoms with Crippen LogP contribution in [0.25, 0.3) is 0 Å². The minimum Gasteiger partial charge on any atom is -0.497 e. The lowest BCUT2D eigenvalue weighted by Crippen LogP contribution is -2.20. The average molecular weight is 413 g/mol. The number of ether oxygens (including phenoxy) is 3. The van der Waals surface area contributed by atoms with Crippen LogP contribution in [0.3, 0.4) is 0 Å². The third-order valence-electron chi connectivity index (χ3n) is 2.88. The molecule has 2 aromatic carbocycles. The van der Waals surface area contributed by atoms with Gasteiger partial charge in [-0.3, -0.25) is 4.79 Å². The molecule has 1 amide bonds. The number of rotatable bonds is 6. The van der Waals surface area contributed by atoms with Gasteiger partial charge in [0.15, 0.2) is 6.61 Å². The Labute approximate surface area is 142 Å². The number of nitrogens with one attached hydrogen (secondary N) is 1. The van der Waals surface area contributed by atoms with E-state index in [1.807, 2.05) is 24.3 Å². The first-order valence-corrected chi connectivity index (χ1v) is 7.61. The first-order valence-electron chi connectivity index (χ1n) is 6.53. The zero-order chi connectivity index (χ0) is 15.9. The van der Waals surface area contributed by atoms with Gasteiger partial charge in [0.1, 0.15) is 17.2 Å². The van der Waals surface area contributed by atoms with E-state index in [0.29, 0.717) is 22.9 Å². The van der Waals surface area contributed by atoms with Crippen molar-refractivity contribution < 1.29 is 19.0 Å². The largest absolute Gasteiger partial charge is 0.497 e. The van der Waals surface area contributed by atoms with E-state index in [4.69, 9.17) is 14.2 Å². The molecule has 5 nitrogen and oxygen atoms in total. The molecule has 2 aromatic rings. The van der Waals surface area contributed by atoms with E-state index >= 15 is 0 Å². The highest BCUT2D eigenvalue weighted by Crippen LogP contribution is 2.28. The number of halogens is 1. The van der Waals surface area contributed by atoms with Crippen molar-refractivity contribution in [1.82, 2.24) is 0 Å². The van der Waals surface area contributed by atoms with Gasteiger partial charge >= 0.3 is 0 Å². The summed E-state index contributed by atoms with van der Waals surface area (Å²) in [6.07, 6.45) is 0. The molecule has 0 unspecified atom stereocenters. The van der Waals surface area contributed by atoms with Gasteiger partial charge in [0, 0.05) is 6.07 Å². The topological polar surface area (TPSA) is 56.8 Å². The number of amides is 1. The Hall–Kier alpha value is -1.96. The summed E-state index contributed by atoms with van der Waals surface area (Å²) in [5.41, 5.74) is 0.540. The normalized spacial score (nSPS) is 9.95. The summed E-state index contributed by atoms with van der Waals surface area (Å²) < 4.78 is 16.8. The number of anilines is 1. The highest BCUT2D eigenvalue weighted by atomic mass is 127. The minimum absolute atomic E-state index is 0.0830. The molecule has 0 spiro atoms. The molecule has 0 aliphatic heterocycles. The predicted molar refractivity (Wildman–Crippen MR) is 92.8 cm³/mol. The monoisotopic (exact) mass is 413 g/mol. The zero-order valence-electron chi connectivity index (χ0n) is 12.3. The fourth-order valence-electron chi connectivity index (χ4n) is 1.80. The van der Waals surface area contributed by atoms with Crippen LogP contribution in [0, 0.1) is 3.57 Å². The van der Waals surface area contributed by atoms with Crippen molar-refractivity contribution in [3.8, 4) is 17.2 Å². The lowest BCUT2D eigenvalue weighted by atomic mass is 10.2. The lowest BCUT2D eigenvalue weighted by molar-refractivity contribution is -0.118. The molecule has 1 N–H and O–H groups in total. The molecule has 2 rings (SSSR count). The molecule has 0 bridgehead atoms. The van der Waals surface area contributed by atoms with Crippen LogP contribution >= 0.6 is 22.6 Å². The quantitative estimate of drug-likeness (QED) is 0.739. The molecule has 0 aliphatic rings. The molecule has 6 heteroatoms. The number of benzene rings is 2. The Morgan fingerprint density at radius 2 is 1.86 bits per heavy atom. The second-order valence-electron chi connectivity index (χ2n) is 4.33. The van der Waals surface area contributed by atoms with Crippen molar-refractivity contribution >= 4 is 34.2 Å². The van der Waals surface area contributed by atoms with Crippen LogP contribution in [0.2, 0.25) is 0 Å². The van der Waals surface area contributed by atoms with E-state index in [0.717, 1.165) is 3.57 Å². The van der Waals surface area contributed by atoms with Crippen LogP contribution < -0.4 is 19.5 Å². The van der Waals surface area contributed by atoms with Crippen molar-refractivity contribution in [2.75, 3.05) is 26.1 Å². The number of hydrogen-bond donors (Lipinski definition) is 1. The van der Waals surface area contributed by atoms with Crippen LogP contribution in [-0.2, 0) is 4.79 Å². The summed E-state index contributed by atoms with van der Waals surface area (Å²) in [7, 11) is 3.11. The van der Waals surface area contributed by atoms with E-state index < -0.39 is 0 Å². The third-order valence-corrected chi connectivity index (χ3v) is 3.77. The second kappa shape index (κ2) is 7.88. The summed E-state index contributed by atoms with van der Waals surface area (Å²) in [4.78, 5) is 12.0. The maximum Gasteiger partial charge on any atom is 0.262 e. The molecule has 0 fully saturated rings. The summed E-state index contributed by atoms with van der Waals surface area (Å²) >= 11 is 2.16. The Bertz CT molecular complexity index is 660. The fraction of sp³-hybridized carbons (Fsp3) is 0.188. The summed E-state index contributed by atoms with van der Waals surface area (Å²) in [6.45, 7) is -0.0830. The molecule has 22 heavy (non-hydrogen) atoms. The number of para-hydroxylation sites is 1. The van der Waals surface area contributed by atoms with Crippen molar-refractivity contribution in [3.05, 3.63) is 46.0 Å². The molecular weight excluding hydrogens is 397 g/mol. The van der Waals surface area contributed by atoms with E-state index in [2.05, 4.69) is 27.9 Å². The van der Waals surface area contributed by atoms with Crippen molar-refractivity contribution in [2.24, 2.45) is 0 Å². The number of carbonyl (C=O) groups excluding carboxylic acids is 1. The maximum absolute atomic E-state index is 12.0. The van der Waals surface area contributed by atoms with Gasteiger partial charge < -0.3 is 19.5 Å². The van der Waals surface area contributed by atoms with Gasteiger partial charge in [0.05, 0.1) is 23.5 Å². The lowest BCUT2D eigenvalue weighted by Gasteiger charge is -2.12. The van der Waals surface area contributed by atoms with E-state index in [-0.39, 0.29) is 12.5 Å². The van der Waals surface area contributed by atoms with Gasteiger partial charge in [-0.15, -0.1) is 0 Å². The standard InChI is InChI=1S/C16H16INO4/c1-20-11-7-8-15(21-2)13(9-11)18-16(19)10-22-14-6-4-3-5-12(14)17/h3-9H,10H2,1-2H3,(H,18,19). The molecule has 0 heterocycles. The number of carbonyl (C=O) groups is 1. The third kappa shape index (κ3) is 4.27. The SMILES string of the molecule is COc1ccc(OC)c(NC(=O)COc2ccccc2I)c1. The van der Waals surface area contributed by atoms with Crippen LogP contribution in [0.4, 0.5) is 5.69 Å². The molecule has 0 saturated carbocycles. The van der Waals surface area contributed by atoms with Crippen LogP contribution in [-0.4, -0.2) is 26.7 Å². The maximum atomic E-state index is 12.0. The Balaban J connectivity index is 2.01. The first kappa shape index (κ1) is 16.4. The van der Waals surface area contributed by atoms with Gasteiger partial charge in [0.25, 0.3) is 5.91 Å². The minimum atomic E-state index is -0.272. The van der Waals surface area contributed by atoms with Gasteiger partial charge in [-0.1, -0.05) is 12.1 Å². The van der Waals surface area contributed by atoms with Crippen LogP contribution in [0.5, 0.6) is 17.2 Å². The molecule has 0 aromatic heterocycles. The van der Waals surface area contributed by atoms with Crippen molar-refractivity contribution in [3.63, 3.8) is 0 Å². The van der Waals surface area contributed by atoms with E-state index in [9.17, 15) is 4.79 Å². The smallest absolute Gasteiger partial charge is 0.262 e. The molecule has 0 saturated heterocycles.